The molecule has 0 aliphatic carbocycles. The third-order valence-corrected chi connectivity index (χ3v) is 4.11. The Morgan fingerprint density at radius 2 is 2.05 bits per heavy atom. The second kappa shape index (κ2) is 6.07. The Kier molecular flexibility index (Phi) is 4.42. The van der Waals surface area contributed by atoms with Crippen molar-refractivity contribution in [3.8, 4) is 0 Å². The molecule has 0 radical (unpaired) electrons. The number of carboxylic acid groups (broad SMARTS) is 1. The maximum absolute atomic E-state index is 12.1. The van der Waals surface area contributed by atoms with Crippen molar-refractivity contribution >= 4 is 11.9 Å². The van der Waals surface area contributed by atoms with Gasteiger partial charge in [0, 0.05) is 25.5 Å². The van der Waals surface area contributed by atoms with Crippen molar-refractivity contribution in [2.75, 3.05) is 13.1 Å². The second-order valence-electron chi connectivity index (χ2n) is 5.42. The van der Waals surface area contributed by atoms with Crippen LogP contribution in [0.3, 0.4) is 0 Å². The number of hydrogen-bond donors (Lipinski definition) is 1. The van der Waals surface area contributed by atoms with Gasteiger partial charge >= 0.3 is 5.97 Å². The normalized spacial score (nSPS) is 17.9. The van der Waals surface area contributed by atoms with Gasteiger partial charge in [-0.25, -0.2) is 0 Å². The lowest BCUT2D eigenvalue weighted by Crippen LogP contribution is -2.47. The van der Waals surface area contributed by atoms with Crippen LogP contribution in [0.2, 0.25) is 0 Å². The van der Waals surface area contributed by atoms with E-state index in [1.807, 2.05) is 6.92 Å². The molecule has 0 aromatic carbocycles. The van der Waals surface area contributed by atoms with Crippen LogP contribution in [0.1, 0.15) is 32.6 Å². The molecule has 6 heteroatoms. The zero-order valence-electron chi connectivity index (χ0n) is 11.8. The molecule has 1 aliphatic heterocycles. The van der Waals surface area contributed by atoms with E-state index in [9.17, 15) is 14.7 Å². The Bertz CT molecular complexity index is 462. The summed E-state index contributed by atoms with van der Waals surface area (Å²) in [6.45, 7) is 3.26. The molecule has 0 unspecified atom stereocenters. The third kappa shape index (κ3) is 3.00. The van der Waals surface area contributed by atoms with Crippen LogP contribution in [0.4, 0.5) is 0 Å². The van der Waals surface area contributed by atoms with Gasteiger partial charge in [0.2, 0.25) is 5.91 Å². The Balaban J connectivity index is 1.93. The number of likely N-dealkylation sites (tertiary alicyclic amines) is 1. The van der Waals surface area contributed by atoms with Crippen molar-refractivity contribution < 1.29 is 14.7 Å². The minimum atomic E-state index is -0.724. The van der Waals surface area contributed by atoms with Gasteiger partial charge < -0.3 is 10.0 Å². The van der Waals surface area contributed by atoms with E-state index < -0.39 is 11.4 Å². The summed E-state index contributed by atoms with van der Waals surface area (Å²) in [7, 11) is 0. The lowest BCUT2D eigenvalue weighted by atomic mass is 9.75. The van der Waals surface area contributed by atoms with E-state index in [2.05, 4.69) is 5.10 Å². The second-order valence-corrected chi connectivity index (χ2v) is 5.42. The fourth-order valence-electron chi connectivity index (χ4n) is 2.87. The van der Waals surface area contributed by atoms with Gasteiger partial charge in [0.1, 0.15) is 6.54 Å². The van der Waals surface area contributed by atoms with E-state index >= 15 is 0 Å². The number of amides is 1. The van der Waals surface area contributed by atoms with Gasteiger partial charge in [-0.05, 0) is 25.3 Å². The van der Waals surface area contributed by atoms with E-state index in [4.69, 9.17) is 0 Å². The first-order chi connectivity index (χ1) is 9.57. The summed E-state index contributed by atoms with van der Waals surface area (Å²) in [6.07, 6.45) is 6.01. The van der Waals surface area contributed by atoms with Crippen LogP contribution in [-0.2, 0) is 16.1 Å². The quantitative estimate of drug-likeness (QED) is 0.883. The minimum absolute atomic E-state index is 0.00388. The number of rotatable bonds is 5. The molecule has 2 heterocycles. The van der Waals surface area contributed by atoms with Gasteiger partial charge in [-0.1, -0.05) is 13.3 Å². The highest BCUT2D eigenvalue weighted by atomic mass is 16.4. The predicted molar refractivity (Wildman–Crippen MR) is 73.0 cm³/mol. The van der Waals surface area contributed by atoms with Gasteiger partial charge in [0.15, 0.2) is 0 Å². The van der Waals surface area contributed by atoms with Crippen LogP contribution in [-0.4, -0.2) is 44.8 Å². The Morgan fingerprint density at radius 1 is 1.35 bits per heavy atom. The Morgan fingerprint density at radius 3 is 2.55 bits per heavy atom. The molecule has 1 aliphatic rings. The Labute approximate surface area is 118 Å². The molecule has 0 spiro atoms. The Hall–Kier alpha value is -1.85. The third-order valence-electron chi connectivity index (χ3n) is 4.11. The smallest absolute Gasteiger partial charge is 0.309 e. The molecule has 2 rings (SSSR count). The predicted octanol–water partition coefficient (Wildman–Crippen LogP) is 1.38. The van der Waals surface area contributed by atoms with Gasteiger partial charge in [-0.2, -0.15) is 5.10 Å². The van der Waals surface area contributed by atoms with Crippen LogP contribution in [0.15, 0.2) is 18.5 Å². The fourth-order valence-corrected chi connectivity index (χ4v) is 2.87. The van der Waals surface area contributed by atoms with E-state index in [1.54, 1.807) is 28.0 Å². The van der Waals surface area contributed by atoms with Gasteiger partial charge in [0.25, 0.3) is 0 Å². The monoisotopic (exact) mass is 279 g/mol. The average Bonchev–Trinajstić information content (AvgIpc) is 2.92. The largest absolute Gasteiger partial charge is 0.481 e. The van der Waals surface area contributed by atoms with Gasteiger partial charge in [-0.15, -0.1) is 0 Å². The molecule has 1 fully saturated rings. The zero-order valence-corrected chi connectivity index (χ0v) is 11.8. The molecule has 0 atom stereocenters. The van der Waals surface area contributed by atoms with E-state index in [0.717, 1.165) is 6.42 Å². The first kappa shape index (κ1) is 14.6. The summed E-state index contributed by atoms with van der Waals surface area (Å²) >= 11 is 0. The lowest BCUT2D eigenvalue weighted by Gasteiger charge is -2.38. The summed E-state index contributed by atoms with van der Waals surface area (Å²) in [5.74, 6) is -0.720. The maximum Gasteiger partial charge on any atom is 0.309 e. The molecule has 1 N–H and O–H groups in total. The van der Waals surface area contributed by atoms with Crippen LogP contribution < -0.4 is 0 Å². The SMILES string of the molecule is CCCC1(C(=O)O)CCN(C(=O)Cn2cccn2)CC1. The molecule has 0 saturated carbocycles. The number of piperidine rings is 1. The van der Waals surface area contributed by atoms with Crippen LogP contribution in [0.25, 0.3) is 0 Å². The molecule has 0 bridgehead atoms. The molecule has 1 aromatic rings. The highest BCUT2D eigenvalue weighted by Gasteiger charge is 2.41. The van der Waals surface area contributed by atoms with E-state index in [1.165, 1.54) is 0 Å². The first-order valence-electron chi connectivity index (χ1n) is 7.06. The highest BCUT2D eigenvalue weighted by Crippen LogP contribution is 2.36. The van der Waals surface area contributed by atoms with Gasteiger partial charge in [-0.3, -0.25) is 14.3 Å². The van der Waals surface area contributed by atoms with Crippen molar-refractivity contribution in [3.63, 3.8) is 0 Å². The fraction of sp³-hybridized carbons (Fsp3) is 0.643. The van der Waals surface area contributed by atoms with Crippen molar-refractivity contribution in [1.29, 1.82) is 0 Å². The molecule has 1 aromatic heterocycles. The zero-order chi connectivity index (χ0) is 14.6. The van der Waals surface area contributed by atoms with Crippen LogP contribution in [0, 0.1) is 5.41 Å². The maximum atomic E-state index is 12.1. The summed E-state index contributed by atoms with van der Waals surface area (Å²) in [5, 5.41) is 13.4. The van der Waals surface area contributed by atoms with Crippen LogP contribution >= 0.6 is 0 Å². The van der Waals surface area contributed by atoms with Crippen molar-refractivity contribution in [2.45, 2.75) is 39.2 Å². The van der Waals surface area contributed by atoms with E-state index in [-0.39, 0.29) is 12.5 Å². The number of hydrogen-bond acceptors (Lipinski definition) is 3. The van der Waals surface area contributed by atoms with Crippen molar-refractivity contribution in [2.24, 2.45) is 5.41 Å². The number of nitrogens with zero attached hydrogens (tertiary/aromatic N) is 3. The molecule has 1 saturated heterocycles. The molecular weight excluding hydrogens is 258 g/mol. The van der Waals surface area contributed by atoms with Crippen molar-refractivity contribution in [1.82, 2.24) is 14.7 Å². The number of aliphatic carboxylic acids is 1. The number of aromatic nitrogens is 2. The number of carbonyl (C=O) groups excluding carboxylic acids is 1. The minimum Gasteiger partial charge on any atom is -0.481 e. The van der Waals surface area contributed by atoms with Gasteiger partial charge in [0.05, 0.1) is 5.41 Å². The molecule has 6 nitrogen and oxygen atoms in total. The number of carbonyl (C=O) groups is 2. The summed E-state index contributed by atoms with van der Waals surface area (Å²) in [4.78, 5) is 25.4. The first-order valence-corrected chi connectivity index (χ1v) is 7.06. The topological polar surface area (TPSA) is 75.4 Å². The van der Waals surface area contributed by atoms with Crippen LogP contribution in [0.5, 0.6) is 0 Å². The summed E-state index contributed by atoms with van der Waals surface area (Å²) < 4.78 is 1.59. The standard InChI is InChI=1S/C14H21N3O3/c1-2-4-14(13(19)20)5-9-16(10-6-14)12(18)11-17-8-3-7-15-17/h3,7-8H,2,4-6,9-11H2,1H3,(H,19,20). The highest BCUT2D eigenvalue weighted by molar-refractivity contribution is 5.78. The average molecular weight is 279 g/mol. The number of carboxylic acids is 1. The summed E-state index contributed by atoms with van der Waals surface area (Å²) in [5.41, 5.74) is -0.642. The summed E-state index contributed by atoms with van der Waals surface area (Å²) in [6, 6.07) is 1.78. The lowest BCUT2D eigenvalue weighted by molar-refractivity contribution is -0.155. The molecular formula is C14H21N3O3. The van der Waals surface area contributed by atoms with E-state index in [0.29, 0.717) is 32.4 Å². The molecule has 20 heavy (non-hydrogen) atoms. The van der Waals surface area contributed by atoms with Crippen molar-refractivity contribution in [3.05, 3.63) is 18.5 Å². The molecule has 1 amide bonds. The molecule has 110 valence electrons.